The van der Waals surface area contributed by atoms with Gasteiger partial charge in [-0.05, 0) is 86.8 Å². The van der Waals surface area contributed by atoms with Crippen molar-refractivity contribution in [3.8, 4) is 45.2 Å². The number of para-hydroxylation sites is 1. The fraction of sp³-hybridized carbons (Fsp3) is 0.466. The maximum atomic E-state index is 14.3. The fourth-order valence-corrected chi connectivity index (χ4v) is 12.6. The molecule has 402 valence electrons. The second kappa shape index (κ2) is 22.5. The van der Waals surface area contributed by atoms with Crippen LogP contribution in [-0.4, -0.2) is 139 Å². The van der Waals surface area contributed by atoms with Gasteiger partial charge in [-0.15, -0.1) is 21.5 Å². The summed E-state index contributed by atoms with van der Waals surface area (Å²) in [5.74, 6) is 6.47. The molecule has 2 bridgehead atoms. The minimum atomic E-state index is -0.826. The lowest BCUT2D eigenvalue weighted by molar-refractivity contribution is -0.141. The van der Waals surface area contributed by atoms with Gasteiger partial charge in [0.05, 0.1) is 58.4 Å². The van der Waals surface area contributed by atoms with Crippen LogP contribution in [0.3, 0.4) is 0 Å². The van der Waals surface area contributed by atoms with Crippen molar-refractivity contribution in [2.24, 2.45) is 5.92 Å². The van der Waals surface area contributed by atoms with Crippen molar-refractivity contribution in [1.82, 2.24) is 40.4 Å². The summed E-state index contributed by atoms with van der Waals surface area (Å²) >= 11 is 1.59. The number of thiazole rings is 1. The second-order valence-corrected chi connectivity index (χ2v) is 22.5. The Morgan fingerprint density at radius 3 is 2.40 bits per heavy atom. The van der Waals surface area contributed by atoms with Gasteiger partial charge in [-0.25, -0.2) is 9.97 Å². The van der Waals surface area contributed by atoms with E-state index in [4.69, 9.17) is 19.7 Å². The number of phenols is 1. The molecule has 2 unspecified atom stereocenters. The first-order chi connectivity index (χ1) is 37.3. The predicted molar refractivity (Wildman–Crippen MR) is 293 cm³/mol. The number of fused-ring (bicyclic) bond motifs is 2. The molecule has 4 aromatic heterocycles. The number of nitrogens with two attached hydrogens (primary N) is 1. The van der Waals surface area contributed by atoms with Crippen LogP contribution >= 0.6 is 11.3 Å². The number of hydrogen-bond acceptors (Lipinski definition) is 17. The molecule has 19 heteroatoms. The minimum Gasteiger partial charge on any atom is -0.507 e. The number of piperidine rings is 1. The number of nitrogens with one attached hydrogen (secondary N) is 1. The number of piperazine rings is 1. The SMILES string of the molecule is Cc1ncsc1-c1ccc([C@H](C)NC(=O)[C@@H]2C[C@@H](O)CN2C(=O)[C@@H](c2cc(C#CCN3CCC(OC4CC(Oc5cc(N6C7CCC6CN(c6cc(-c8ccccc8O)nnc6N)C7)ccn5)C4)CC3)no2)C(C)C)cc1. The summed E-state index contributed by atoms with van der Waals surface area (Å²) in [6.07, 6.45) is 7.19. The number of carbonyl (C=O) groups is 2. The minimum absolute atomic E-state index is 0.0541. The Hall–Kier alpha value is -7.11. The maximum Gasteiger partial charge on any atom is 0.243 e. The van der Waals surface area contributed by atoms with Crippen molar-refractivity contribution in [3.05, 3.63) is 107 Å². The number of aliphatic hydroxyl groups is 1. The van der Waals surface area contributed by atoms with Crippen LogP contribution in [0.5, 0.6) is 11.6 Å². The Labute approximate surface area is 453 Å². The summed E-state index contributed by atoms with van der Waals surface area (Å²) in [4.78, 5) is 46.7. The number of aliphatic hydroxyl groups excluding tert-OH is 1. The molecule has 5 N–H and O–H groups in total. The van der Waals surface area contributed by atoms with E-state index in [0.29, 0.717) is 41.0 Å². The Bertz CT molecular complexity index is 3110. The van der Waals surface area contributed by atoms with E-state index in [1.807, 2.05) is 81.9 Å². The molecular formula is C58H67N11O7S. The number of carbonyl (C=O) groups excluding carboxylic acids is 2. The summed E-state index contributed by atoms with van der Waals surface area (Å²) in [6.45, 7) is 11.7. The molecule has 5 aliphatic rings. The van der Waals surface area contributed by atoms with Gasteiger partial charge in [-0.3, -0.25) is 14.5 Å². The Kier molecular flexibility index (Phi) is 15.2. The maximum absolute atomic E-state index is 14.3. The number of aromatic hydroxyl groups is 1. The van der Waals surface area contributed by atoms with E-state index in [1.165, 1.54) is 4.90 Å². The van der Waals surface area contributed by atoms with E-state index < -0.39 is 18.1 Å². The highest BCUT2D eigenvalue weighted by atomic mass is 32.1. The lowest BCUT2D eigenvalue weighted by atomic mass is 9.91. The zero-order valence-electron chi connectivity index (χ0n) is 44.0. The van der Waals surface area contributed by atoms with Crippen LogP contribution in [0.4, 0.5) is 17.2 Å². The summed E-state index contributed by atoms with van der Waals surface area (Å²) in [7, 11) is 0. The molecule has 77 heavy (non-hydrogen) atoms. The molecule has 5 fully saturated rings. The van der Waals surface area contributed by atoms with Crippen LogP contribution in [-0.2, 0) is 14.3 Å². The largest absolute Gasteiger partial charge is 0.507 e. The van der Waals surface area contributed by atoms with Crippen LogP contribution in [0, 0.1) is 24.7 Å². The standard InChI is InChI=1S/C58H67N11O7S/c1-34(2)54(58(73)68-32-43(70)26-50(68)57(72)62-35(3)37-11-13-38(14-12-37)55-36(4)61-33-77-55)52-24-39(65-76-52)8-7-21-66-22-18-44(19-23-66)74-45-27-46(28-45)75-53-25-40(17-20-60-53)69-41-15-16-42(69)31-67(30-41)49-29-48(63-64-56(49)59)47-9-5-6-10-51(47)71/h5-6,9-14,17,20,24-25,29,33-35,41-46,50,54,70-71H,15-16,18-19,21-23,26-28,30-32H2,1-4H3,(H2,59,64)(H,62,72)/t35-,41?,42?,43+,45?,46?,50-,54+/m0/s1. The molecule has 8 heterocycles. The first kappa shape index (κ1) is 52.0. The molecule has 1 saturated carbocycles. The van der Waals surface area contributed by atoms with Crippen LogP contribution in [0.15, 0.2) is 89.0 Å². The smallest absolute Gasteiger partial charge is 0.243 e. The lowest BCUT2D eigenvalue weighted by Crippen LogP contribution is -2.54. The Balaban J connectivity index is 0.616. The number of anilines is 3. The van der Waals surface area contributed by atoms with E-state index in [2.05, 4.69) is 69.3 Å². The number of pyridine rings is 1. The second-order valence-electron chi connectivity index (χ2n) is 21.7. The van der Waals surface area contributed by atoms with Crippen molar-refractivity contribution in [2.75, 3.05) is 54.8 Å². The third kappa shape index (κ3) is 11.3. The number of nitrogen functional groups attached to an aromatic ring is 1. The number of ether oxygens (including phenoxy) is 2. The normalized spacial score (nSPS) is 23.3. The van der Waals surface area contributed by atoms with Crippen molar-refractivity contribution >= 4 is 40.3 Å². The summed E-state index contributed by atoms with van der Waals surface area (Å²) < 4.78 is 18.7. The highest BCUT2D eigenvalue weighted by molar-refractivity contribution is 7.13. The van der Waals surface area contributed by atoms with E-state index in [9.17, 15) is 19.8 Å². The van der Waals surface area contributed by atoms with Crippen LogP contribution in [0.1, 0.15) is 100 Å². The Morgan fingerprint density at radius 1 is 0.909 bits per heavy atom. The molecule has 6 aromatic rings. The average molecular weight is 1060 g/mol. The lowest BCUT2D eigenvalue weighted by Gasteiger charge is -2.43. The van der Waals surface area contributed by atoms with Gasteiger partial charge in [0, 0.05) is 93.7 Å². The predicted octanol–water partition coefficient (Wildman–Crippen LogP) is 7.13. The van der Waals surface area contributed by atoms with E-state index in [1.54, 1.807) is 29.5 Å². The van der Waals surface area contributed by atoms with Crippen LogP contribution < -0.4 is 25.6 Å². The zero-order valence-corrected chi connectivity index (χ0v) is 44.8. The molecule has 2 aromatic carbocycles. The summed E-state index contributed by atoms with van der Waals surface area (Å²) in [5, 5.41) is 37.0. The molecular weight excluding hydrogens is 995 g/mol. The van der Waals surface area contributed by atoms with Crippen LogP contribution in [0.25, 0.3) is 21.7 Å². The molecule has 0 spiro atoms. The summed E-state index contributed by atoms with van der Waals surface area (Å²) in [5.41, 5.74) is 14.8. The molecule has 18 nitrogen and oxygen atoms in total. The van der Waals surface area contributed by atoms with Gasteiger partial charge in [0.1, 0.15) is 23.8 Å². The van der Waals surface area contributed by atoms with Crippen molar-refractivity contribution in [2.45, 2.75) is 127 Å². The van der Waals surface area contributed by atoms with Gasteiger partial charge in [0.2, 0.25) is 17.7 Å². The summed E-state index contributed by atoms with van der Waals surface area (Å²) in [6, 6.07) is 22.4. The highest BCUT2D eigenvalue weighted by Crippen LogP contribution is 2.41. The van der Waals surface area contributed by atoms with Crippen molar-refractivity contribution in [3.63, 3.8) is 0 Å². The van der Waals surface area contributed by atoms with E-state index in [0.717, 1.165) is 97.8 Å². The molecule has 1 aliphatic carbocycles. The number of β-amino-alcohol motifs (C(OH)–C–C–N with tert-alkyl or cyclic N) is 1. The van der Waals surface area contributed by atoms with Gasteiger partial charge in [-0.2, -0.15) is 0 Å². The first-order valence-corrected chi connectivity index (χ1v) is 27.9. The third-order valence-corrected chi connectivity index (χ3v) is 17.0. The van der Waals surface area contributed by atoms with Gasteiger partial charge < -0.3 is 50.0 Å². The first-order valence-electron chi connectivity index (χ1n) is 27.0. The number of hydrogen-bond donors (Lipinski definition) is 4. The molecule has 6 atom stereocenters. The van der Waals surface area contributed by atoms with Gasteiger partial charge >= 0.3 is 0 Å². The Morgan fingerprint density at radius 2 is 1.68 bits per heavy atom. The number of likely N-dealkylation sites (tertiary alicyclic amines) is 2. The molecule has 11 rings (SSSR count). The number of nitrogens with zero attached hydrogens (tertiary/aromatic N) is 9. The average Bonchev–Trinajstić information content (AvgIpc) is 4.22. The van der Waals surface area contributed by atoms with Gasteiger partial charge in [0.25, 0.3) is 0 Å². The van der Waals surface area contributed by atoms with Crippen molar-refractivity contribution in [1.29, 1.82) is 0 Å². The number of amides is 2. The monoisotopic (exact) mass is 1060 g/mol. The zero-order chi connectivity index (χ0) is 53.3. The van der Waals surface area contributed by atoms with Crippen molar-refractivity contribution < 1.29 is 33.8 Å². The molecule has 2 amide bonds. The number of rotatable bonds is 15. The van der Waals surface area contributed by atoms with E-state index >= 15 is 0 Å². The molecule has 0 radical (unpaired) electrons. The van der Waals surface area contributed by atoms with Crippen LogP contribution in [0.2, 0.25) is 0 Å². The van der Waals surface area contributed by atoms with E-state index in [-0.39, 0.29) is 72.9 Å². The number of aryl methyl sites for hydroxylation is 1. The molecule has 4 saturated heterocycles. The highest BCUT2D eigenvalue weighted by Gasteiger charge is 2.44. The quantitative estimate of drug-likeness (QED) is 0.0752. The van der Waals surface area contributed by atoms with Gasteiger partial charge in [0.15, 0.2) is 17.3 Å². The third-order valence-electron chi connectivity index (χ3n) is 16.0. The fourth-order valence-electron chi connectivity index (χ4n) is 11.8. The number of aromatic nitrogens is 5. The number of benzene rings is 2. The van der Waals surface area contributed by atoms with Gasteiger partial charge in [-0.1, -0.05) is 61.3 Å². The number of phenolic OH excluding ortho intramolecular Hbond substituents is 1. The molecule has 4 aliphatic heterocycles. The topological polar surface area (TPSA) is 222 Å².